The van der Waals surface area contributed by atoms with E-state index in [2.05, 4.69) is 20.6 Å². The zero-order valence-electron chi connectivity index (χ0n) is 15.6. The Bertz CT molecular complexity index is 1020. The van der Waals surface area contributed by atoms with E-state index in [1.165, 1.54) is 27.5 Å². The zero-order valence-corrected chi connectivity index (χ0v) is 17.2. The van der Waals surface area contributed by atoms with Crippen molar-refractivity contribution in [1.82, 2.24) is 9.97 Å². The molecule has 0 amide bonds. The number of carbonyl (C=O) groups is 1. The fourth-order valence-electron chi connectivity index (χ4n) is 2.50. The molecule has 2 aromatic heterocycles. The number of rotatable bonds is 8. The van der Waals surface area contributed by atoms with Crippen molar-refractivity contribution >= 4 is 52.0 Å². The fraction of sp³-hybridized carbons (Fsp3) is 0.167. The third-order valence-corrected chi connectivity index (χ3v) is 4.96. The second kappa shape index (κ2) is 8.84. The number of halogens is 1. The second-order valence-corrected chi connectivity index (χ2v) is 6.85. The number of benzene rings is 1. The summed E-state index contributed by atoms with van der Waals surface area (Å²) in [6.45, 7) is 0. The van der Waals surface area contributed by atoms with E-state index in [0.717, 1.165) is 11.3 Å². The van der Waals surface area contributed by atoms with Crippen molar-refractivity contribution in [3.05, 3.63) is 39.7 Å². The minimum atomic E-state index is -1.04. The summed E-state index contributed by atoms with van der Waals surface area (Å²) in [6, 6.07) is 5.04. The predicted molar refractivity (Wildman–Crippen MR) is 111 cm³/mol. The number of ether oxygens (including phenoxy) is 3. The maximum Gasteiger partial charge on any atom is 0.348 e. The number of aromatic nitrogens is 2. The first-order chi connectivity index (χ1) is 14.0. The molecule has 1 aromatic carbocycles. The van der Waals surface area contributed by atoms with Gasteiger partial charge in [0, 0.05) is 17.8 Å². The van der Waals surface area contributed by atoms with E-state index in [-0.39, 0.29) is 21.7 Å². The molecule has 0 radical (unpaired) electrons. The van der Waals surface area contributed by atoms with Crippen LogP contribution in [-0.4, -0.2) is 42.4 Å². The summed E-state index contributed by atoms with van der Waals surface area (Å²) in [5.41, 5.74) is 0.983. The second-order valence-electron chi connectivity index (χ2n) is 5.52. The molecule has 3 rings (SSSR count). The molecule has 0 saturated carbocycles. The maximum atomic E-state index is 11.3. The van der Waals surface area contributed by atoms with Gasteiger partial charge in [-0.1, -0.05) is 11.6 Å². The monoisotopic (exact) mass is 436 g/mol. The van der Waals surface area contributed by atoms with Gasteiger partial charge in [-0.3, -0.25) is 0 Å². The van der Waals surface area contributed by atoms with E-state index < -0.39 is 5.97 Å². The first kappa shape index (κ1) is 20.5. The average Bonchev–Trinajstić information content (AvgIpc) is 3.18. The number of carboxylic acids is 1. The summed E-state index contributed by atoms with van der Waals surface area (Å²) in [5, 5.41) is 17.1. The van der Waals surface area contributed by atoms with Gasteiger partial charge in [0.15, 0.2) is 17.3 Å². The van der Waals surface area contributed by atoms with Crippen LogP contribution in [0.15, 0.2) is 29.8 Å². The summed E-state index contributed by atoms with van der Waals surface area (Å²) < 4.78 is 16.0. The van der Waals surface area contributed by atoms with E-state index >= 15 is 0 Å². The minimum Gasteiger partial charge on any atom is -0.493 e. The predicted octanol–water partition coefficient (Wildman–Crippen LogP) is 4.40. The van der Waals surface area contributed by atoms with Gasteiger partial charge in [-0.05, 0) is 11.4 Å². The van der Waals surface area contributed by atoms with Crippen LogP contribution < -0.4 is 24.8 Å². The molecule has 11 heteroatoms. The standard InChI is InChI=1S/C18H17ClN4O5S/c1-26-12-6-9(7-13(27-2)14(12)28-3)21-18-20-8-10(19)16(23-18)22-11-4-5-29-15(11)17(24)25/h4-8H,1-3H3,(H,24,25)(H2,20,21,22,23). The molecular weight excluding hydrogens is 420 g/mol. The molecule has 0 unspecified atom stereocenters. The molecule has 0 bridgehead atoms. The third-order valence-electron chi connectivity index (χ3n) is 3.78. The summed E-state index contributed by atoms with van der Waals surface area (Å²) in [4.78, 5) is 19.9. The smallest absolute Gasteiger partial charge is 0.348 e. The number of nitrogens with one attached hydrogen (secondary N) is 2. The van der Waals surface area contributed by atoms with Crippen LogP contribution in [-0.2, 0) is 0 Å². The highest BCUT2D eigenvalue weighted by Crippen LogP contribution is 2.40. The summed E-state index contributed by atoms with van der Waals surface area (Å²) in [6.07, 6.45) is 1.41. The Labute approximate surface area is 175 Å². The molecule has 0 saturated heterocycles. The van der Waals surface area contributed by atoms with Crippen molar-refractivity contribution in [1.29, 1.82) is 0 Å². The quantitative estimate of drug-likeness (QED) is 0.472. The van der Waals surface area contributed by atoms with Crippen molar-refractivity contribution in [2.75, 3.05) is 32.0 Å². The van der Waals surface area contributed by atoms with Crippen LogP contribution in [0.4, 0.5) is 23.1 Å². The van der Waals surface area contributed by atoms with Crippen molar-refractivity contribution in [2.45, 2.75) is 0 Å². The normalized spacial score (nSPS) is 10.3. The van der Waals surface area contributed by atoms with Crippen molar-refractivity contribution in [3.8, 4) is 17.2 Å². The summed E-state index contributed by atoms with van der Waals surface area (Å²) >= 11 is 7.26. The first-order valence-electron chi connectivity index (χ1n) is 8.14. The lowest BCUT2D eigenvalue weighted by molar-refractivity contribution is 0.0703. The Morgan fingerprint density at radius 1 is 1.14 bits per heavy atom. The molecule has 0 aliphatic rings. The zero-order chi connectivity index (χ0) is 21.0. The molecule has 152 valence electrons. The van der Waals surface area contributed by atoms with Crippen LogP contribution >= 0.6 is 22.9 Å². The van der Waals surface area contributed by atoms with Crippen LogP contribution in [0.3, 0.4) is 0 Å². The number of hydrogen-bond acceptors (Lipinski definition) is 9. The van der Waals surface area contributed by atoms with E-state index in [1.807, 2.05) is 0 Å². The van der Waals surface area contributed by atoms with Crippen LogP contribution in [0.5, 0.6) is 17.2 Å². The Morgan fingerprint density at radius 2 is 1.83 bits per heavy atom. The van der Waals surface area contributed by atoms with Crippen LogP contribution in [0, 0.1) is 0 Å². The molecule has 0 aliphatic carbocycles. The first-order valence-corrected chi connectivity index (χ1v) is 9.40. The number of methoxy groups -OCH3 is 3. The maximum absolute atomic E-state index is 11.3. The highest BCUT2D eigenvalue weighted by atomic mass is 35.5. The van der Waals surface area contributed by atoms with Gasteiger partial charge in [0.05, 0.1) is 33.2 Å². The molecule has 0 atom stereocenters. The number of thiophene rings is 1. The molecule has 2 heterocycles. The van der Waals surface area contributed by atoms with E-state index in [4.69, 9.17) is 25.8 Å². The third kappa shape index (κ3) is 4.44. The minimum absolute atomic E-state index is 0.152. The van der Waals surface area contributed by atoms with E-state index in [9.17, 15) is 9.90 Å². The average molecular weight is 437 g/mol. The van der Waals surface area contributed by atoms with Gasteiger partial charge < -0.3 is 30.0 Å². The van der Waals surface area contributed by atoms with Crippen molar-refractivity contribution in [3.63, 3.8) is 0 Å². The lowest BCUT2D eigenvalue weighted by atomic mass is 10.2. The van der Waals surface area contributed by atoms with Crippen molar-refractivity contribution in [2.24, 2.45) is 0 Å². The van der Waals surface area contributed by atoms with Gasteiger partial charge in [0.1, 0.15) is 9.90 Å². The van der Waals surface area contributed by atoms with Gasteiger partial charge in [-0.15, -0.1) is 11.3 Å². The Balaban J connectivity index is 1.90. The molecular formula is C18H17ClN4O5S. The van der Waals surface area contributed by atoms with Gasteiger partial charge in [0.2, 0.25) is 11.7 Å². The summed E-state index contributed by atoms with van der Waals surface area (Å²) in [5.74, 6) is 0.842. The number of hydrogen-bond donors (Lipinski definition) is 3. The number of nitrogens with zero attached hydrogens (tertiary/aromatic N) is 2. The lowest BCUT2D eigenvalue weighted by Crippen LogP contribution is -2.04. The Hall–Kier alpha value is -3.24. The number of aromatic carboxylic acids is 1. The molecule has 9 nitrogen and oxygen atoms in total. The molecule has 0 aliphatic heterocycles. The van der Waals surface area contributed by atoms with E-state index in [0.29, 0.717) is 28.6 Å². The van der Waals surface area contributed by atoms with Gasteiger partial charge >= 0.3 is 5.97 Å². The molecule has 29 heavy (non-hydrogen) atoms. The lowest BCUT2D eigenvalue weighted by Gasteiger charge is -2.15. The largest absolute Gasteiger partial charge is 0.493 e. The van der Waals surface area contributed by atoms with Crippen LogP contribution in [0.2, 0.25) is 5.02 Å². The molecule has 0 fully saturated rings. The highest BCUT2D eigenvalue weighted by Gasteiger charge is 2.16. The topological polar surface area (TPSA) is 115 Å². The van der Waals surface area contributed by atoms with E-state index in [1.54, 1.807) is 23.6 Å². The van der Waals surface area contributed by atoms with Gasteiger partial charge in [-0.25, -0.2) is 9.78 Å². The molecule has 3 N–H and O–H groups in total. The highest BCUT2D eigenvalue weighted by molar-refractivity contribution is 7.12. The van der Waals surface area contributed by atoms with Gasteiger partial charge in [-0.2, -0.15) is 4.98 Å². The van der Waals surface area contributed by atoms with Crippen molar-refractivity contribution < 1.29 is 24.1 Å². The van der Waals surface area contributed by atoms with Crippen LogP contribution in [0.25, 0.3) is 0 Å². The Kier molecular flexibility index (Phi) is 6.25. The molecule has 0 spiro atoms. The molecule has 3 aromatic rings. The van der Waals surface area contributed by atoms with Crippen LogP contribution in [0.1, 0.15) is 9.67 Å². The SMILES string of the molecule is COc1cc(Nc2ncc(Cl)c(Nc3ccsc3C(=O)O)n2)cc(OC)c1OC. The summed E-state index contributed by atoms with van der Waals surface area (Å²) in [7, 11) is 4.55. The Morgan fingerprint density at radius 3 is 2.41 bits per heavy atom. The number of anilines is 4. The van der Waals surface area contributed by atoms with Gasteiger partial charge in [0.25, 0.3) is 0 Å². The number of carboxylic acid groups (broad SMARTS) is 1. The fourth-order valence-corrected chi connectivity index (χ4v) is 3.32.